The first-order valence-corrected chi connectivity index (χ1v) is 6.48. The van der Waals surface area contributed by atoms with Crippen LogP contribution in [0.2, 0.25) is 0 Å². The van der Waals surface area contributed by atoms with Crippen molar-refractivity contribution < 1.29 is 18.0 Å². The Kier molecular flexibility index (Phi) is 4.20. The molecular formula is C12H17F3N4O. The van der Waals surface area contributed by atoms with Gasteiger partial charge in [0.25, 0.3) is 0 Å². The highest BCUT2D eigenvalue weighted by molar-refractivity contribution is 5.73. The Bertz CT molecular complexity index is 472. The number of alkyl halides is 3. The summed E-state index contributed by atoms with van der Waals surface area (Å²) in [5, 5.41) is 6.96. The molecule has 0 aliphatic heterocycles. The van der Waals surface area contributed by atoms with Crippen LogP contribution in [0.5, 0.6) is 0 Å². The van der Waals surface area contributed by atoms with Crippen LogP contribution in [0.1, 0.15) is 25.7 Å². The maximum absolute atomic E-state index is 12.7. The number of nitrogens with two attached hydrogens (primary N) is 1. The Morgan fingerprint density at radius 2 is 2.25 bits per heavy atom. The fourth-order valence-electron chi connectivity index (χ4n) is 2.54. The van der Waals surface area contributed by atoms with Crippen molar-refractivity contribution in [3.05, 3.63) is 12.4 Å². The number of rotatable bonds is 4. The van der Waals surface area contributed by atoms with Crippen LogP contribution in [0.25, 0.3) is 0 Å². The Balaban J connectivity index is 1.92. The van der Waals surface area contributed by atoms with E-state index < -0.39 is 18.0 Å². The van der Waals surface area contributed by atoms with Gasteiger partial charge in [-0.15, -0.1) is 0 Å². The molecule has 2 rings (SSSR count). The van der Waals surface area contributed by atoms with Crippen molar-refractivity contribution in [2.75, 3.05) is 5.32 Å². The first-order valence-electron chi connectivity index (χ1n) is 6.48. The topological polar surface area (TPSA) is 72.9 Å². The molecule has 1 aromatic rings. The predicted octanol–water partition coefficient (Wildman–Crippen LogP) is 1.90. The number of aromatic nitrogens is 2. The van der Waals surface area contributed by atoms with Gasteiger partial charge in [0.15, 0.2) is 0 Å². The summed E-state index contributed by atoms with van der Waals surface area (Å²) in [5.74, 6) is -1.76. The number of nitrogens with zero attached hydrogens (tertiary/aromatic N) is 2. The van der Waals surface area contributed by atoms with Gasteiger partial charge in [-0.25, -0.2) is 0 Å². The van der Waals surface area contributed by atoms with E-state index in [1.54, 1.807) is 6.20 Å². The van der Waals surface area contributed by atoms with E-state index in [0.29, 0.717) is 18.5 Å². The van der Waals surface area contributed by atoms with Gasteiger partial charge in [-0.2, -0.15) is 18.3 Å². The second kappa shape index (κ2) is 5.72. The largest absolute Gasteiger partial charge is 0.391 e. The molecule has 1 aliphatic rings. The maximum atomic E-state index is 12.7. The van der Waals surface area contributed by atoms with Gasteiger partial charge in [0.05, 0.1) is 17.8 Å². The lowest BCUT2D eigenvalue weighted by Crippen LogP contribution is -2.34. The third-order valence-electron chi connectivity index (χ3n) is 3.46. The minimum absolute atomic E-state index is 0.0441. The summed E-state index contributed by atoms with van der Waals surface area (Å²) in [6, 6.07) is -0.221. The normalized spacial score (nSPS) is 23.6. The predicted molar refractivity (Wildman–Crippen MR) is 66.8 cm³/mol. The van der Waals surface area contributed by atoms with E-state index in [4.69, 9.17) is 5.73 Å². The van der Waals surface area contributed by atoms with Gasteiger partial charge < -0.3 is 11.1 Å². The minimum atomic E-state index is -4.13. The molecule has 1 amide bonds. The highest BCUT2D eigenvalue weighted by Crippen LogP contribution is 2.38. The average molecular weight is 290 g/mol. The molecule has 0 bridgehead atoms. The summed E-state index contributed by atoms with van der Waals surface area (Å²) < 4.78 is 39.5. The summed E-state index contributed by atoms with van der Waals surface area (Å²) >= 11 is 0. The van der Waals surface area contributed by atoms with Gasteiger partial charge >= 0.3 is 6.18 Å². The van der Waals surface area contributed by atoms with Crippen LogP contribution >= 0.6 is 0 Å². The lowest BCUT2D eigenvalue weighted by atomic mass is 9.85. The standard InChI is InChI=1S/C12H17F3N4O/c13-12(14,15)8-2-1-3-9(4-8)18-10-5-17-19(6-10)7-11(16)20/h5-6,8-9,18H,1-4,7H2,(H2,16,20). The van der Waals surface area contributed by atoms with Crippen LogP contribution in [-0.2, 0) is 11.3 Å². The Labute approximate surface area is 114 Å². The van der Waals surface area contributed by atoms with E-state index in [-0.39, 0.29) is 25.4 Å². The van der Waals surface area contributed by atoms with Crippen molar-refractivity contribution in [3.63, 3.8) is 0 Å². The fourth-order valence-corrected chi connectivity index (χ4v) is 2.54. The zero-order valence-corrected chi connectivity index (χ0v) is 10.9. The molecule has 2 unspecified atom stereocenters. The maximum Gasteiger partial charge on any atom is 0.391 e. The van der Waals surface area contributed by atoms with Gasteiger partial charge in [0.2, 0.25) is 5.91 Å². The zero-order chi connectivity index (χ0) is 14.8. The molecule has 0 spiro atoms. The molecule has 20 heavy (non-hydrogen) atoms. The van der Waals surface area contributed by atoms with Gasteiger partial charge in [-0.1, -0.05) is 6.42 Å². The van der Waals surface area contributed by atoms with E-state index in [0.717, 1.165) is 0 Å². The molecule has 1 aromatic heterocycles. The van der Waals surface area contributed by atoms with E-state index in [1.165, 1.54) is 10.9 Å². The van der Waals surface area contributed by atoms with Gasteiger partial charge in [0.1, 0.15) is 6.54 Å². The lowest BCUT2D eigenvalue weighted by Gasteiger charge is -2.31. The zero-order valence-electron chi connectivity index (χ0n) is 10.9. The molecule has 2 atom stereocenters. The van der Waals surface area contributed by atoms with Crippen molar-refractivity contribution in [1.82, 2.24) is 9.78 Å². The number of carbonyl (C=O) groups excluding carboxylic acids is 1. The molecular weight excluding hydrogens is 273 g/mol. The third kappa shape index (κ3) is 3.88. The number of hydrogen-bond acceptors (Lipinski definition) is 3. The molecule has 0 saturated heterocycles. The van der Waals surface area contributed by atoms with Crippen LogP contribution < -0.4 is 11.1 Å². The number of anilines is 1. The number of amides is 1. The molecule has 0 radical (unpaired) electrons. The van der Waals surface area contributed by atoms with Gasteiger partial charge in [0, 0.05) is 12.2 Å². The molecule has 1 saturated carbocycles. The van der Waals surface area contributed by atoms with Crippen molar-refractivity contribution in [3.8, 4) is 0 Å². The molecule has 1 aliphatic carbocycles. The van der Waals surface area contributed by atoms with E-state index in [1.807, 2.05) is 0 Å². The SMILES string of the molecule is NC(=O)Cn1cc(NC2CCCC(C(F)(F)F)C2)cn1. The number of primary amides is 1. The Hall–Kier alpha value is -1.73. The van der Waals surface area contributed by atoms with Crippen molar-refractivity contribution in [2.24, 2.45) is 11.7 Å². The quantitative estimate of drug-likeness (QED) is 0.889. The van der Waals surface area contributed by atoms with Crippen molar-refractivity contribution >= 4 is 11.6 Å². The first kappa shape index (κ1) is 14.7. The third-order valence-corrected chi connectivity index (χ3v) is 3.46. The Morgan fingerprint density at radius 1 is 1.50 bits per heavy atom. The summed E-state index contributed by atoms with van der Waals surface area (Å²) in [6.45, 7) is -0.0441. The van der Waals surface area contributed by atoms with Crippen LogP contribution in [0, 0.1) is 5.92 Å². The minimum Gasteiger partial charge on any atom is -0.380 e. The highest BCUT2D eigenvalue weighted by Gasteiger charge is 2.42. The summed E-state index contributed by atoms with van der Waals surface area (Å²) in [6.07, 6.45) is 0.455. The Morgan fingerprint density at radius 3 is 2.90 bits per heavy atom. The molecule has 1 heterocycles. The van der Waals surface area contributed by atoms with E-state index >= 15 is 0 Å². The van der Waals surface area contributed by atoms with Gasteiger partial charge in [-0.05, 0) is 19.3 Å². The second-order valence-corrected chi connectivity index (χ2v) is 5.14. The van der Waals surface area contributed by atoms with Crippen LogP contribution in [0.3, 0.4) is 0 Å². The smallest absolute Gasteiger partial charge is 0.380 e. The summed E-state index contributed by atoms with van der Waals surface area (Å²) in [5.41, 5.74) is 5.65. The molecule has 5 nitrogen and oxygen atoms in total. The number of carbonyl (C=O) groups is 1. The molecule has 0 aromatic carbocycles. The molecule has 1 fully saturated rings. The number of hydrogen-bond donors (Lipinski definition) is 2. The molecule has 3 N–H and O–H groups in total. The van der Waals surface area contributed by atoms with Crippen LogP contribution in [0.15, 0.2) is 12.4 Å². The number of halogens is 3. The highest BCUT2D eigenvalue weighted by atomic mass is 19.4. The fraction of sp³-hybridized carbons (Fsp3) is 0.667. The van der Waals surface area contributed by atoms with Crippen LogP contribution in [-0.4, -0.2) is 27.9 Å². The summed E-state index contributed by atoms with van der Waals surface area (Å²) in [4.78, 5) is 10.7. The lowest BCUT2D eigenvalue weighted by molar-refractivity contribution is -0.182. The van der Waals surface area contributed by atoms with Crippen molar-refractivity contribution in [1.29, 1.82) is 0 Å². The molecule has 8 heteroatoms. The van der Waals surface area contributed by atoms with E-state index in [2.05, 4.69) is 10.4 Å². The average Bonchev–Trinajstić information content (AvgIpc) is 2.75. The van der Waals surface area contributed by atoms with Gasteiger partial charge in [-0.3, -0.25) is 9.48 Å². The second-order valence-electron chi connectivity index (χ2n) is 5.14. The number of nitrogens with one attached hydrogen (secondary N) is 1. The molecule has 112 valence electrons. The first-order chi connectivity index (χ1) is 9.34. The van der Waals surface area contributed by atoms with Crippen molar-refractivity contribution in [2.45, 2.75) is 44.4 Å². The van der Waals surface area contributed by atoms with E-state index in [9.17, 15) is 18.0 Å². The van der Waals surface area contributed by atoms with Crippen LogP contribution in [0.4, 0.5) is 18.9 Å². The summed E-state index contributed by atoms with van der Waals surface area (Å²) in [7, 11) is 0. The monoisotopic (exact) mass is 290 g/mol.